The average molecular weight is 259 g/mol. The summed E-state index contributed by atoms with van der Waals surface area (Å²) in [4.78, 5) is 10.6. The molecule has 0 saturated carbocycles. The molecule has 1 unspecified atom stereocenters. The van der Waals surface area contributed by atoms with E-state index in [-0.39, 0.29) is 6.61 Å². The standard InChI is InChI=1S/C9H7BrO4/c10-5-1-2-6-7(3-5)13-4-8(14-6)9(11)12/h1-3,8H,4H2,(H,11,12). The largest absolute Gasteiger partial charge is 0.485 e. The van der Waals surface area contributed by atoms with Crippen molar-refractivity contribution in [3.05, 3.63) is 22.7 Å². The van der Waals surface area contributed by atoms with Crippen LogP contribution in [0.25, 0.3) is 0 Å². The van der Waals surface area contributed by atoms with E-state index in [4.69, 9.17) is 14.6 Å². The van der Waals surface area contributed by atoms with E-state index in [2.05, 4.69) is 15.9 Å². The van der Waals surface area contributed by atoms with Crippen LogP contribution in [-0.4, -0.2) is 23.8 Å². The van der Waals surface area contributed by atoms with Crippen molar-refractivity contribution in [2.24, 2.45) is 0 Å². The Morgan fingerprint density at radius 1 is 1.50 bits per heavy atom. The summed E-state index contributed by atoms with van der Waals surface area (Å²) in [5.74, 6) is 0.0160. The Hall–Kier alpha value is -1.23. The Balaban J connectivity index is 2.27. The number of fused-ring (bicyclic) bond motifs is 1. The molecule has 1 N–H and O–H groups in total. The van der Waals surface area contributed by atoms with Crippen molar-refractivity contribution < 1.29 is 19.4 Å². The van der Waals surface area contributed by atoms with Crippen molar-refractivity contribution in [2.75, 3.05) is 6.61 Å². The zero-order valence-corrected chi connectivity index (χ0v) is 8.65. The first-order chi connectivity index (χ1) is 6.66. The third kappa shape index (κ3) is 1.68. The highest BCUT2D eigenvalue weighted by Gasteiger charge is 2.26. The number of carboxylic acids is 1. The third-order valence-corrected chi connectivity index (χ3v) is 2.33. The number of aliphatic carboxylic acids is 1. The van der Waals surface area contributed by atoms with Gasteiger partial charge >= 0.3 is 5.97 Å². The first kappa shape index (κ1) is 9.33. The van der Waals surface area contributed by atoms with Crippen molar-refractivity contribution in [1.82, 2.24) is 0 Å². The summed E-state index contributed by atoms with van der Waals surface area (Å²) < 4.78 is 11.3. The summed E-state index contributed by atoms with van der Waals surface area (Å²) in [5, 5.41) is 8.70. The monoisotopic (exact) mass is 258 g/mol. The topological polar surface area (TPSA) is 55.8 Å². The summed E-state index contributed by atoms with van der Waals surface area (Å²) in [7, 11) is 0. The molecule has 74 valence electrons. The van der Waals surface area contributed by atoms with Crippen molar-refractivity contribution in [2.45, 2.75) is 6.10 Å². The molecular weight excluding hydrogens is 252 g/mol. The lowest BCUT2D eigenvalue weighted by Crippen LogP contribution is -2.36. The van der Waals surface area contributed by atoms with Crippen LogP contribution in [0.1, 0.15) is 0 Å². The molecule has 0 amide bonds. The van der Waals surface area contributed by atoms with E-state index >= 15 is 0 Å². The van der Waals surface area contributed by atoms with Crippen molar-refractivity contribution in [1.29, 1.82) is 0 Å². The second-order valence-corrected chi connectivity index (χ2v) is 3.76. The molecular formula is C9H7BrO4. The highest BCUT2D eigenvalue weighted by molar-refractivity contribution is 9.10. The molecule has 0 bridgehead atoms. The maximum atomic E-state index is 10.6. The molecule has 1 aromatic rings. The number of carbonyl (C=O) groups is 1. The quantitative estimate of drug-likeness (QED) is 0.833. The van der Waals surface area contributed by atoms with Crippen LogP contribution in [0.4, 0.5) is 0 Å². The van der Waals surface area contributed by atoms with Gasteiger partial charge in [0, 0.05) is 4.47 Å². The van der Waals surface area contributed by atoms with Gasteiger partial charge in [-0.25, -0.2) is 4.79 Å². The molecule has 2 rings (SSSR count). The van der Waals surface area contributed by atoms with Gasteiger partial charge in [0.15, 0.2) is 11.5 Å². The molecule has 1 heterocycles. The maximum Gasteiger partial charge on any atom is 0.348 e. The number of hydrogen-bond acceptors (Lipinski definition) is 3. The Morgan fingerprint density at radius 2 is 2.29 bits per heavy atom. The minimum absolute atomic E-state index is 0.0405. The number of carboxylic acid groups (broad SMARTS) is 1. The molecule has 1 aliphatic heterocycles. The Kier molecular flexibility index (Phi) is 2.33. The van der Waals surface area contributed by atoms with E-state index in [0.29, 0.717) is 11.5 Å². The molecule has 0 radical (unpaired) electrons. The van der Waals surface area contributed by atoms with Gasteiger partial charge in [-0.3, -0.25) is 0 Å². The van der Waals surface area contributed by atoms with Crippen LogP contribution < -0.4 is 9.47 Å². The molecule has 0 saturated heterocycles. The molecule has 0 spiro atoms. The van der Waals surface area contributed by atoms with Crippen LogP contribution in [-0.2, 0) is 4.79 Å². The number of rotatable bonds is 1. The molecule has 0 aliphatic carbocycles. The SMILES string of the molecule is O=C(O)C1COc2cc(Br)ccc2O1. The fourth-order valence-corrected chi connectivity index (χ4v) is 1.51. The summed E-state index contributed by atoms with van der Waals surface area (Å²) in [5.41, 5.74) is 0. The lowest BCUT2D eigenvalue weighted by Gasteiger charge is -2.23. The second-order valence-electron chi connectivity index (χ2n) is 2.85. The molecule has 0 aromatic heterocycles. The van der Waals surface area contributed by atoms with Crippen LogP contribution in [0.15, 0.2) is 22.7 Å². The fraction of sp³-hybridized carbons (Fsp3) is 0.222. The van der Waals surface area contributed by atoms with Gasteiger partial charge in [0.25, 0.3) is 0 Å². The molecule has 0 fully saturated rings. The fourth-order valence-electron chi connectivity index (χ4n) is 1.17. The van der Waals surface area contributed by atoms with Crippen LogP contribution in [0.5, 0.6) is 11.5 Å². The van der Waals surface area contributed by atoms with Crippen molar-refractivity contribution >= 4 is 21.9 Å². The number of benzene rings is 1. The molecule has 1 atom stereocenters. The third-order valence-electron chi connectivity index (χ3n) is 1.84. The van der Waals surface area contributed by atoms with Gasteiger partial charge in [0.2, 0.25) is 6.10 Å². The predicted octanol–water partition coefficient (Wildman–Crippen LogP) is 1.67. The number of halogens is 1. The summed E-state index contributed by atoms with van der Waals surface area (Å²) in [6, 6.07) is 5.19. The summed E-state index contributed by atoms with van der Waals surface area (Å²) >= 11 is 3.28. The minimum atomic E-state index is -1.02. The highest BCUT2D eigenvalue weighted by Crippen LogP contribution is 2.34. The van der Waals surface area contributed by atoms with Gasteiger partial charge in [-0.15, -0.1) is 0 Å². The summed E-state index contributed by atoms with van der Waals surface area (Å²) in [6.45, 7) is 0.0405. The van der Waals surface area contributed by atoms with Gasteiger partial charge in [-0.05, 0) is 18.2 Å². The summed E-state index contributed by atoms with van der Waals surface area (Å²) in [6.07, 6.45) is -0.913. The molecule has 5 heteroatoms. The van der Waals surface area contributed by atoms with E-state index in [1.807, 2.05) is 0 Å². The van der Waals surface area contributed by atoms with Crippen molar-refractivity contribution in [3.8, 4) is 11.5 Å². The predicted molar refractivity (Wildman–Crippen MR) is 51.7 cm³/mol. The lowest BCUT2D eigenvalue weighted by atomic mass is 10.2. The van der Waals surface area contributed by atoms with E-state index < -0.39 is 12.1 Å². The van der Waals surface area contributed by atoms with Crippen molar-refractivity contribution in [3.63, 3.8) is 0 Å². The molecule has 14 heavy (non-hydrogen) atoms. The second kappa shape index (κ2) is 3.49. The normalized spacial score (nSPS) is 19.1. The van der Waals surface area contributed by atoms with Gasteiger partial charge in [-0.1, -0.05) is 15.9 Å². The van der Waals surface area contributed by atoms with Crippen LogP contribution in [0.3, 0.4) is 0 Å². The molecule has 4 nitrogen and oxygen atoms in total. The average Bonchev–Trinajstić information content (AvgIpc) is 2.16. The maximum absolute atomic E-state index is 10.6. The Labute approximate surface area is 88.6 Å². The van der Waals surface area contributed by atoms with Crippen LogP contribution in [0.2, 0.25) is 0 Å². The molecule has 1 aromatic carbocycles. The van der Waals surface area contributed by atoms with Gasteiger partial charge < -0.3 is 14.6 Å². The van der Waals surface area contributed by atoms with Gasteiger partial charge in [0.05, 0.1) is 0 Å². The van der Waals surface area contributed by atoms with Gasteiger partial charge in [-0.2, -0.15) is 0 Å². The first-order valence-electron chi connectivity index (χ1n) is 3.98. The Bertz CT molecular complexity index is 377. The number of hydrogen-bond donors (Lipinski definition) is 1. The first-order valence-corrected chi connectivity index (χ1v) is 4.78. The van der Waals surface area contributed by atoms with Gasteiger partial charge in [0.1, 0.15) is 6.61 Å². The van der Waals surface area contributed by atoms with Crippen LogP contribution in [0, 0.1) is 0 Å². The van der Waals surface area contributed by atoms with E-state index in [1.54, 1.807) is 18.2 Å². The minimum Gasteiger partial charge on any atom is -0.485 e. The zero-order chi connectivity index (χ0) is 10.1. The lowest BCUT2D eigenvalue weighted by molar-refractivity contribution is -0.147. The highest BCUT2D eigenvalue weighted by atomic mass is 79.9. The van der Waals surface area contributed by atoms with Crippen LogP contribution >= 0.6 is 15.9 Å². The van der Waals surface area contributed by atoms with E-state index in [0.717, 1.165) is 4.47 Å². The molecule has 1 aliphatic rings. The zero-order valence-electron chi connectivity index (χ0n) is 7.07. The smallest absolute Gasteiger partial charge is 0.348 e. The number of ether oxygens (including phenoxy) is 2. The van der Waals surface area contributed by atoms with E-state index in [1.165, 1.54) is 0 Å². The Morgan fingerprint density at radius 3 is 3.00 bits per heavy atom. The van der Waals surface area contributed by atoms with E-state index in [9.17, 15) is 4.79 Å².